The maximum atomic E-state index is 12.8. The molecule has 2 aromatic carbocycles. The van der Waals surface area contributed by atoms with Gasteiger partial charge in [-0.3, -0.25) is 4.79 Å². The van der Waals surface area contributed by atoms with Crippen LogP contribution in [0.1, 0.15) is 32.0 Å². The molecule has 1 aromatic heterocycles. The molecule has 6 heteroatoms. The number of aryl methyl sites for hydroxylation is 2. The Hall–Kier alpha value is -1.76. The fourth-order valence-electron chi connectivity index (χ4n) is 3.32. The van der Waals surface area contributed by atoms with Gasteiger partial charge in [0.2, 0.25) is 5.91 Å². The highest BCUT2D eigenvalue weighted by molar-refractivity contribution is 8.16. The van der Waals surface area contributed by atoms with Crippen LogP contribution in [0.2, 0.25) is 0 Å². The Morgan fingerprint density at radius 1 is 1.10 bits per heavy atom. The van der Waals surface area contributed by atoms with Crippen LogP contribution in [0.3, 0.4) is 0 Å². The Bertz CT molecular complexity index is 992. The lowest BCUT2D eigenvalue weighted by Gasteiger charge is -2.21. The average Bonchev–Trinajstić information content (AvgIpc) is 3.09. The fraction of sp³-hybridized carbons (Fsp3) is 0.304. The first-order chi connectivity index (χ1) is 14.1. The van der Waals surface area contributed by atoms with Crippen molar-refractivity contribution in [1.29, 1.82) is 0 Å². The van der Waals surface area contributed by atoms with Gasteiger partial charge < -0.3 is 5.32 Å². The molecule has 2 heterocycles. The molecule has 0 atom stereocenters. The van der Waals surface area contributed by atoms with Crippen LogP contribution in [-0.2, 0) is 11.2 Å². The molecule has 1 aliphatic heterocycles. The number of carbonyl (C=O) groups is 1. The van der Waals surface area contributed by atoms with Crippen molar-refractivity contribution in [3.63, 3.8) is 0 Å². The first-order valence-corrected chi connectivity index (χ1v) is 12.7. The van der Waals surface area contributed by atoms with Crippen molar-refractivity contribution >= 4 is 46.5 Å². The molecular weight excluding hydrogens is 416 g/mol. The van der Waals surface area contributed by atoms with Gasteiger partial charge in [0, 0.05) is 16.1 Å². The molecule has 0 unspecified atom stereocenters. The number of nitrogens with one attached hydrogen (secondary N) is 1. The standard InChI is InChI=1S/C23H24N2OS3/c1-15-7-9-17(10-8-15)22-20(29-16(2)24-22)14-21(26)25-19-6-3-5-18(13-19)23-27-11-4-12-28-23/h3,5-10,13,23H,4,11-12,14H2,1-2H3,(H,25,26). The maximum absolute atomic E-state index is 12.8. The van der Waals surface area contributed by atoms with Crippen molar-refractivity contribution in [2.24, 2.45) is 0 Å². The second-order valence-corrected chi connectivity index (χ2v) is 11.2. The molecular formula is C23H24N2OS3. The Morgan fingerprint density at radius 3 is 2.62 bits per heavy atom. The van der Waals surface area contributed by atoms with Crippen molar-refractivity contribution < 1.29 is 4.79 Å². The predicted octanol–water partition coefficient (Wildman–Crippen LogP) is 6.48. The zero-order chi connectivity index (χ0) is 20.2. The average molecular weight is 441 g/mol. The van der Waals surface area contributed by atoms with Crippen LogP contribution >= 0.6 is 34.9 Å². The summed E-state index contributed by atoms with van der Waals surface area (Å²) in [7, 11) is 0. The van der Waals surface area contributed by atoms with Crippen LogP contribution in [0.15, 0.2) is 48.5 Å². The van der Waals surface area contributed by atoms with E-state index < -0.39 is 0 Å². The van der Waals surface area contributed by atoms with E-state index in [2.05, 4.69) is 53.6 Å². The SMILES string of the molecule is Cc1ccc(-c2nc(C)sc2CC(=O)Nc2cccc(C3SCCCS3)c2)cc1. The van der Waals surface area contributed by atoms with Crippen molar-refractivity contribution in [1.82, 2.24) is 4.98 Å². The minimum absolute atomic E-state index is 0.00288. The smallest absolute Gasteiger partial charge is 0.229 e. The van der Waals surface area contributed by atoms with Gasteiger partial charge in [-0.05, 0) is 49.5 Å². The molecule has 150 valence electrons. The molecule has 0 saturated carbocycles. The quantitative estimate of drug-likeness (QED) is 0.493. The first kappa shape index (κ1) is 20.5. The zero-order valence-corrected chi connectivity index (χ0v) is 19.1. The summed E-state index contributed by atoms with van der Waals surface area (Å²) in [5.74, 6) is 2.42. The second kappa shape index (κ2) is 9.37. The first-order valence-electron chi connectivity index (χ1n) is 9.75. The van der Waals surface area contributed by atoms with Crippen LogP contribution in [-0.4, -0.2) is 22.4 Å². The van der Waals surface area contributed by atoms with Crippen molar-refractivity contribution in [2.45, 2.75) is 31.3 Å². The van der Waals surface area contributed by atoms with Crippen molar-refractivity contribution in [3.8, 4) is 11.3 Å². The van der Waals surface area contributed by atoms with Gasteiger partial charge in [-0.1, -0.05) is 42.0 Å². The van der Waals surface area contributed by atoms with Gasteiger partial charge >= 0.3 is 0 Å². The van der Waals surface area contributed by atoms with E-state index in [0.29, 0.717) is 11.0 Å². The third-order valence-electron chi connectivity index (χ3n) is 4.72. The van der Waals surface area contributed by atoms with Crippen LogP contribution in [0.5, 0.6) is 0 Å². The summed E-state index contributed by atoms with van der Waals surface area (Å²) in [4.78, 5) is 18.5. The largest absolute Gasteiger partial charge is 0.326 e. The number of aromatic nitrogens is 1. The van der Waals surface area contributed by atoms with E-state index in [-0.39, 0.29) is 5.91 Å². The van der Waals surface area contributed by atoms with Gasteiger partial charge in [-0.2, -0.15) is 0 Å². The molecule has 1 N–H and O–H groups in total. The number of hydrogen-bond donors (Lipinski definition) is 1. The maximum Gasteiger partial charge on any atom is 0.229 e. The number of nitrogens with zero attached hydrogens (tertiary/aromatic N) is 1. The summed E-state index contributed by atoms with van der Waals surface area (Å²) in [5.41, 5.74) is 5.36. The number of carbonyl (C=O) groups excluding carboxylic acids is 1. The molecule has 3 nitrogen and oxygen atoms in total. The molecule has 29 heavy (non-hydrogen) atoms. The third-order valence-corrected chi connectivity index (χ3v) is 8.71. The van der Waals surface area contributed by atoms with E-state index in [9.17, 15) is 4.79 Å². The lowest BCUT2D eigenvalue weighted by molar-refractivity contribution is -0.115. The second-order valence-electron chi connectivity index (χ2n) is 7.15. The predicted molar refractivity (Wildman–Crippen MR) is 128 cm³/mol. The molecule has 1 fully saturated rings. The summed E-state index contributed by atoms with van der Waals surface area (Å²) in [6, 6.07) is 16.6. The van der Waals surface area contributed by atoms with Gasteiger partial charge in [-0.15, -0.1) is 34.9 Å². The van der Waals surface area contributed by atoms with E-state index in [0.717, 1.165) is 26.8 Å². The lowest BCUT2D eigenvalue weighted by atomic mass is 10.1. The number of benzene rings is 2. The number of hydrogen-bond acceptors (Lipinski definition) is 5. The van der Waals surface area contributed by atoms with Gasteiger partial charge in [0.1, 0.15) is 0 Å². The highest BCUT2D eigenvalue weighted by Gasteiger charge is 2.18. The van der Waals surface area contributed by atoms with Gasteiger partial charge in [0.15, 0.2) is 0 Å². The molecule has 0 aliphatic carbocycles. The summed E-state index contributed by atoms with van der Waals surface area (Å²) in [6.07, 6.45) is 1.62. The lowest BCUT2D eigenvalue weighted by Crippen LogP contribution is -2.14. The van der Waals surface area contributed by atoms with Crippen molar-refractivity contribution in [2.75, 3.05) is 16.8 Å². The van der Waals surface area contributed by atoms with Gasteiger partial charge in [0.05, 0.1) is 21.7 Å². The number of thioether (sulfide) groups is 2. The van der Waals surface area contributed by atoms with Crippen LogP contribution < -0.4 is 5.32 Å². The van der Waals surface area contributed by atoms with Crippen LogP contribution in [0, 0.1) is 13.8 Å². The highest BCUT2D eigenvalue weighted by atomic mass is 32.2. The third kappa shape index (κ3) is 5.24. The van der Waals surface area contributed by atoms with Gasteiger partial charge in [-0.25, -0.2) is 4.98 Å². The monoisotopic (exact) mass is 440 g/mol. The van der Waals surface area contributed by atoms with E-state index in [1.165, 1.54) is 29.1 Å². The molecule has 0 radical (unpaired) electrons. The Labute approximate surface area is 184 Å². The summed E-state index contributed by atoms with van der Waals surface area (Å²) in [5, 5.41) is 4.07. The number of thiazole rings is 1. The summed E-state index contributed by atoms with van der Waals surface area (Å²) >= 11 is 5.59. The van der Waals surface area contributed by atoms with Gasteiger partial charge in [0.25, 0.3) is 0 Å². The van der Waals surface area contributed by atoms with E-state index >= 15 is 0 Å². The highest BCUT2D eigenvalue weighted by Crippen LogP contribution is 2.44. The Morgan fingerprint density at radius 2 is 1.86 bits per heavy atom. The molecule has 1 amide bonds. The van der Waals surface area contributed by atoms with E-state index in [1.54, 1.807) is 11.3 Å². The van der Waals surface area contributed by atoms with Crippen molar-refractivity contribution in [3.05, 3.63) is 69.5 Å². The normalized spacial score (nSPS) is 14.7. The molecule has 1 aliphatic rings. The number of anilines is 1. The summed E-state index contributed by atoms with van der Waals surface area (Å²) < 4.78 is 0.470. The molecule has 3 aromatic rings. The van der Waals surface area contributed by atoms with E-state index in [4.69, 9.17) is 0 Å². The fourth-order valence-corrected chi connectivity index (χ4v) is 7.15. The number of rotatable bonds is 5. The number of amides is 1. The minimum atomic E-state index is 0.00288. The molecule has 1 saturated heterocycles. The van der Waals surface area contributed by atoms with Crippen LogP contribution in [0.4, 0.5) is 5.69 Å². The Balaban J connectivity index is 1.47. The van der Waals surface area contributed by atoms with Crippen LogP contribution in [0.25, 0.3) is 11.3 Å². The van der Waals surface area contributed by atoms with E-state index in [1.807, 2.05) is 42.6 Å². The molecule has 4 rings (SSSR count). The minimum Gasteiger partial charge on any atom is -0.326 e. The zero-order valence-electron chi connectivity index (χ0n) is 16.6. The topological polar surface area (TPSA) is 42.0 Å². The summed E-state index contributed by atoms with van der Waals surface area (Å²) in [6.45, 7) is 4.07. The molecule has 0 bridgehead atoms. The Kier molecular flexibility index (Phi) is 6.63. The molecule has 0 spiro atoms.